The molecule has 0 aliphatic rings. The van der Waals surface area contributed by atoms with Crippen LogP contribution in [0.4, 0.5) is 13.2 Å². The van der Waals surface area contributed by atoms with Crippen LogP contribution in [0.15, 0.2) is 6.07 Å². The van der Waals surface area contributed by atoms with Crippen LogP contribution in [-0.4, -0.2) is 9.97 Å². The maximum atomic E-state index is 12.2. The van der Waals surface area contributed by atoms with Crippen molar-refractivity contribution in [1.82, 2.24) is 9.97 Å². The molecule has 0 aliphatic heterocycles. The molecule has 1 aromatic rings. The van der Waals surface area contributed by atoms with Crippen molar-refractivity contribution in [2.45, 2.75) is 26.4 Å². The first-order valence-corrected chi connectivity index (χ1v) is 4.21. The van der Waals surface area contributed by atoms with Crippen LogP contribution >= 0.6 is 0 Å². The first-order chi connectivity index (χ1) is 6.39. The van der Waals surface area contributed by atoms with Crippen molar-refractivity contribution >= 4 is 0 Å². The summed E-state index contributed by atoms with van der Waals surface area (Å²) in [6, 6.07) is 0.754. The lowest BCUT2D eigenvalue weighted by Crippen LogP contribution is -2.11. The second kappa shape index (κ2) is 3.94. The van der Waals surface area contributed by atoms with Crippen LogP contribution in [-0.2, 0) is 12.6 Å². The maximum Gasteiger partial charge on any atom is 0.433 e. The van der Waals surface area contributed by atoms with Gasteiger partial charge in [-0.3, -0.25) is 0 Å². The van der Waals surface area contributed by atoms with E-state index < -0.39 is 11.9 Å². The molecule has 0 amide bonds. The molecule has 0 N–H and O–H groups in total. The molecule has 0 fully saturated rings. The van der Waals surface area contributed by atoms with Crippen molar-refractivity contribution in [3.05, 3.63) is 23.8 Å². The second-order valence-electron chi connectivity index (χ2n) is 3.39. The van der Waals surface area contributed by atoms with Gasteiger partial charge >= 0.3 is 6.18 Å². The van der Waals surface area contributed by atoms with Gasteiger partial charge < -0.3 is 0 Å². The highest BCUT2D eigenvalue weighted by molar-refractivity contribution is 5.05. The Kier molecular flexibility index (Phi) is 3.08. The molecule has 0 unspecified atom stereocenters. The summed E-state index contributed by atoms with van der Waals surface area (Å²) in [5.74, 6) is 0.418. The highest BCUT2D eigenvalue weighted by Gasteiger charge is 2.32. The Labute approximate surface area is 80.2 Å². The second-order valence-corrected chi connectivity index (χ2v) is 3.39. The summed E-state index contributed by atoms with van der Waals surface area (Å²) < 4.78 is 36.6. The topological polar surface area (TPSA) is 25.8 Å². The van der Waals surface area contributed by atoms with Crippen LogP contribution in [0.25, 0.3) is 0 Å². The van der Waals surface area contributed by atoms with Gasteiger partial charge in [0.15, 0.2) is 0 Å². The predicted molar refractivity (Wildman–Crippen MR) is 44.4 cm³/mol. The zero-order valence-corrected chi connectivity index (χ0v) is 7.89. The molecule has 0 aliphatic carbocycles. The minimum atomic E-state index is -4.41. The zero-order chi connectivity index (χ0) is 10.8. The lowest BCUT2D eigenvalue weighted by Gasteiger charge is -2.07. The van der Waals surface area contributed by atoms with Crippen LogP contribution in [0, 0.1) is 12.1 Å². The summed E-state index contributed by atoms with van der Waals surface area (Å²) in [6.45, 7) is 3.78. The average molecular weight is 203 g/mol. The number of nitrogens with zero attached hydrogens (tertiary/aromatic N) is 2. The van der Waals surface area contributed by atoms with Crippen LogP contribution in [0.1, 0.15) is 25.4 Å². The molecule has 0 saturated carbocycles. The molecule has 14 heavy (non-hydrogen) atoms. The van der Waals surface area contributed by atoms with Crippen molar-refractivity contribution in [2.24, 2.45) is 5.92 Å². The Hall–Kier alpha value is -1.13. The predicted octanol–water partition coefficient (Wildman–Crippen LogP) is 2.49. The van der Waals surface area contributed by atoms with E-state index in [9.17, 15) is 13.2 Å². The summed E-state index contributed by atoms with van der Waals surface area (Å²) in [6.07, 6.45) is -1.77. The normalized spacial score (nSPS) is 12.1. The van der Waals surface area contributed by atoms with E-state index in [4.69, 9.17) is 0 Å². The van der Waals surface area contributed by atoms with Gasteiger partial charge in [0.1, 0.15) is 11.5 Å². The first-order valence-electron chi connectivity index (χ1n) is 4.21. The van der Waals surface area contributed by atoms with Crippen LogP contribution in [0.2, 0.25) is 0 Å². The Balaban J connectivity index is 2.90. The summed E-state index contributed by atoms with van der Waals surface area (Å²) in [7, 11) is 0. The van der Waals surface area contributed by atoms with Gasteiger partial charge in [-0.05, 0) is 12.0 Å². The lowest BCUT2D eigenvalue weighted by molar-refractivity contribution is -0.141. The highest BCUT2D eigenvalue weighted by atomic mass is 19.4. The van der Waals surface area contributed by atoms with Gasteiger partial charge in [-0.1, -0.05) is 13.8 Å². The molecule has 0 spiro atoms. The molecule has 0 bridgehead atoms. The Morgan fingerprint density at radius 1 is 1.43 bits per heavy atom. The van der Waals surface area contributed by atoms with E-state index in [-0.39, 0.29) is 11.7 Å². The minimum absolute atomic E-state index is 0.190. The average Bonchev–Trinajstić information content (AvgIpc) is 2.01. The van der Waals surface area contributed by atoms with Crippen molar-refractivity contribution in [2.75, 3.05) is 0 Å². The van der Waals surface area contributed by atoms with Crippen LogP contribution < -0.4 is 0 Å². The van der Waals surface area contributed by atoms with Gasteiger partial charge in [-0.25, -0.2) is 9.97 Å². The third-order valence-corrected chi connectivity index (χ3v) is 1.53. The number of halogens is 3. The number of alkyl halides is 3. The number of rotatable bonds is 2. The zero-order valence-electron chi connectivity index (χ0n) is 7.89. The molecule has 1 radical (unpaired) electrons. The third kappa shape index (κ3) is 2.97. The van der Waals surface area contributed by atoms with Gasteiger partial charge in [0.2, 0.25) is 0 Å². The number of aromatic nitrogens is 2. The maximum absolute atomic E-state index is 12.2. The van der Waals surface area contributed by atoms with E-state index >= 15 is 0 Å². The minimum Gasteiger partial charge on any atom is -0.231 e. The van der Waals surface area contributed by atoms with Gasteiger partial charge in [0, 0.05) is 6.42 Å². The van der Waals surface area contributed by atoms with Gasteiger partial charge in [0.05, 0.1) is 6.20 Å². The smallest absolute Gasteiger partial charge is 0.231 e. The molecular formula is C9H10F3N2. The van der Waals surface area contributed by atoms with E-state index in [1.165, 1.54) is 0 Å². The van der Waals surface area contributed by atoms with Gasteiger partial charge in [-0.15, -0.1) is 0 Å². The van der Waals surface area contributed by atoms with Crippen molar-refractivity contribution in [3.63, 3.8) is 0 Å². The van der Waals surface area contributed by atoms with Gasteiger partial charge in [-0.2, -0.15) is 13.2 Å². The van der Waals surface area contributed by atoms with E-state index in [1.54, 1.807) is 0 Å². The fourth-order valence-electron chi connectivity index (χ4n) is 0.966. The largest absolute Gasteiger partial charge is 0.433 e. The molecular weight excluding hydrogens is 193 g/mol. The number of hydrogen-bond acceptors (Lipinski definition) is 2. The van der Waals surface area contributed by atoms with E-state index in [1.807, 2.05) is 13.8 Å². The fraction of sp³-hybridized carbons (Fsp3) is 0.556. The van der Waals surface area contributed by atoms with Crippen molar-refractivity contribution in [1.29, 1.82) is 0 Å². The van der Waals surface area contributed by atoms with Crippen molar-refractivity contribution in [3.8, 4) is 0 Å². The molecule has 5 heteroatoms. The highest BCUT2D eigenvalue weighted by Crippen LogP contribution is 2.26. The van der Waals surface area contributed by atoms with Gasteiger partial charge in [0.25, 0.3) is 0 Å². The number of hydrogen-bond donors (Lipinski definition) is 0. The summed E-state index contributed by atoms with van der Waals surface area (Å²) >= 11 is 0. The van der Waals surface area contributed by atoms with E-state index in [2.05, 4.69) is 16.2 Å². The van der Waals surface area contributed by atoms with Crippen LogP contribution in [0.3, 0.4) is 0 Å². The molecule has 2 nitrogen and oxygen atoms in total. The van der Waals surface area contributed by atoms with E-state index in [0.717, 1.165) is 6.07 Å². The molecule has 77 valence electrons. The summed E-state index contributed by atoms with van der Waals surface area (Å²) in [5, 5.41) is 0. The molecule has 1 rings (SSSR count). The Morgan fingerprint density at radius 3 is 2.57 bits per heavy atom. The molecule has 0 aromatic carbocycles. The monoisotopic (exact) mass is 203 g/mol. The molecule has 0 saturated heterocycles. The third-order valence-electron chi connectivity index (χ3n) is 1.53. The Morgan fingerprint density at radius 2 is 2.07 bits per heavy atom. The molecule has 1 aromatic heterocycles. The molecule has 0 atom stereocenters. The summed E-state index contributed by atoms with van der Waals surface area (Å²) in [5.41, 5.74) is -0.928. The van der Waals surface area contributed by atoms with E-state index in [0.29, 0.717) is 6.42 Å². The quantitative estimate of drug-likeness (QED) is 0.738. The fourth-order valence-corrected chi connectivity index (χ4v) is 0.966. The van der Waals surface area contributed by atoms with Crippen LogP contribution in [0.5, 0.6) is 0 Å². The standard InChI is InChI=1S/C9H10F3N2/c1-6(2)5-8-13-4-3-7(14-8)9(10,11)12/h3,6H,5H2,1-2H3. The lowest BCUT2D eigenvalue weighted by atomic mass is 10.1. The van der Waals surface area contributed by atoms with Crippen molar-refractivity contribution < 1.29 is 13.2 Å². The Bertz CT molecular complexity index is 307. The SMILES string of the molecule is CC(C)Cc1n[c]cc(C(F)(F)F)n1. The summed E-state index contributed by atoms with van der Waals surface area (Å²) in [4.78, 5) is 7.07. The first kappa shape index (κ1) is 10.9. The molecule has 1 heterocycles.